The largest absolute Gasteiger partial charge is 0.317 e. The highest BCUT2D eigenvalue weighted by Gasteiger charge is 2.22. The topological polar surface area (TPSA) is 24.9 Å². The number of piperidine rings is 1. The molecule has 1 aliphatic rings. The van der Waals surface area contributed by atoms with E-state index in [4.69, 9.17) is 4.98 Å². The lowest BCUT2D eigenvalue weighted by molar-refractivity contribution is 0.374. The first-order chi connectivity index (χ1) is 7.97. The second-order valence-electron chi connectivity index (χ2n) is 6.18. The van der Waals surface area contributed by atoms with Crippen molar-refractivity contribution >= 4 is 11.3 Å². The summed E-state index contributed by atoms with van der Waals surface area (Å²) in [6, 6.07) is 0. The highest BCUT2D eigenvalue weighted by atomic mass is 32.1. The summed E-state index contributed by atoms with van der Waals surface area (Å²) < 4.78 is 0. The highest BCUT2D eigenvalue weighted by Crippen LogP contribution is 2.31. The Labute approximate surface area is 109 Å². The molecule has 0 unspecified atom stereocenters. The number of aromatic nitrogens is 1. The van der Waals surface area contributed by atoms with Gasteiger partial charge in [-0.3, -0.25) is 0 Å². The van der Waals surface area contributed by atoms with Gasteiger partial charge in [-0.25, -0.2) is 4.98 Å². The van der Waals surface area contributed by atoms with Crippen LogP contribution in [0.15, 0.2) is 0 Å². The van der Waals surface area contributed by atoms with E-state index in [1.165, 1.54) is 47.9 Å². The van der Waals surface area contributed by atoms with Crippen molar-refractivity contribution in [3.05, 3.63) is 15.6 Å². The monoisotopic (exact) mass is 252 g/mol. The standard InChI is InChI=1S/C14H24N2S/c1-10-12(9-11-5-7-15-8-6-11)17-13(16-10)14(2,3)4/h11,15H,5-9H2,1-4H3. The molecular weight excluding hydrogens is 228 g/mol. The molecule has 0 atom stereocenters. The van der Waals surface area contributed by atoms with Crippen molar-refractivity contribution in [3.8, 4) is 0 Å². The molecule has 1 fully saturated rings. The van der Waals surface area contributed by atoms with Gasteiger partial charge in [0, 0.05) is 10.3 Å². The van der Waals surface area contributed by atoms with Crippen LogP contribution in [0.5, 0.6) is 0 Å². The third-order valence-corrected chi connectivity index (χ3v) is 5.07. The van der Waals surface area contributed by atoms with Gasteiger partial charge in [-0.05, 0) is 45.2 Å². The van der Waals surface area contributed by atoms with Gasteiger partial charge in [0.15, 0.2) is 0 Å². The molecule has 2 nitrogen and oxygen atoms in total. The molecule has 0 aliphatic carbocycles. The Morgan fingerprint density at radius 2 is 1.94 bits per heavy atom. The Bertz CT molecular complexity index is 370. The number of thiazole rings is 1. The summed E-state index contributed by atoms with van der Waals surface area (Å²) in [6.45, 7) is 11.3. The molecule has 1 aromatic rings. The molecule has 0 aromatic carbocycles. The van der Waals surface area contributed by atoms with Gasteiger partial charge in [0.2, 0.25) is 0 Å². The van der Waals surface area contributed by atoms with Crippen LogP contribution in [0.3, 0.4) is 0 Å². The fourth-order valence-electron chi connectivity index (χ4n) is 2.29. The van der Waals surface area contributed by atoms with Crippen molar-refractivity contribution in [2.45, 2.75) is 52.4 Å². The van der Waals surface area contributed by atoms with Crippen LogP contribution in [0, 0.1) is 12.8 Å². The summed E-state index contributed by atoms with van der Waals surface area (Å²) in [4.78, 5) is 6.27. The fraction of sp³-hybridized carbons (Fsp3) is 0.786. The Hall–Kier alpha value is -0.410. The summed E-state index contributed by atoms with van der Waals surface area (Å²) in [5, 5.41) is 4.72. The van der Waals surface area contributed by atoms with Gasteiger partial charge in [0.1, 0.15) is 0 Å². The van der Waals surface area contributed by atoms with Crippen LogP contribution < -0.4 is 5.32 Å². The van der Waals surface area contributed by atoms with E-state index in [0.29, 0.717) is 0 Å². The van der Waals surface area contributed by atoms with Crippen LogP contribution >= 0.6 is 11.3 Å². The third kappa shape index (κ3) is 3.29. The van der Waals surface area contributed by atoms with Crippen molar-refractivity contribution in [2.24, 2.45) is 5.92 Å². The van der Waals surface area contributed by atoms with Gasteiger partial charge < -0.3 is 5.32 Å². The molecule has 1 aliphatic heterocycles. The number of nitrogens with one attached hydrogen (secondary N) is 1. The van der Waals surface area contributed by atoms with E-state index in [9.17, 15) is 0 Å². The van der Waals surface area contributed by atoms with E-state index in [1.807, 2.05) is 11.3 Å². The van der Waals surface area contributed by atoms with Crippen LogP contribution in [0.2, 0.25) is 0 Å². The van der Waals surface area contributed by atoms with Gasteiger partial charge in [-0.15, -0.1) is 11.3 Å². The first-order valence-corrected chi connectivity index (χ1v) is 7.46. The molecule has 17 heavy (non-hydrogen) atoms. The third-order valence-electron chi connectivity index (χ3n) is 3.47. The zero-order valence-electron chi connectivity index (χ0n) is 11.5. The van der Waals surface area contributed by atoms with Crippen molar-refractivity contribution in [2.75, 3.05) is 13.1 Å². The number of rotatable bonds is 2. The Balaban J connectivity index is 2.07. The molecular formula is C14H24N2S. The van der Waals surface area contributed by atoms with Gasteiger partial charge in [-0.2, -0.15) is 0 Å². The van der Waals surface area contributed by atoms with Gasteiger partial charge in [-0.1, -0.05) is 20.8 Å². The van der Waals surface area contributed by atoms with E-state index < -0.39 is 0 Å². The summed E-state index contributed by atoms with van der Waals surface area (Å²) in [5.74, 6) is 0.864. The minimum Gasteiger partial charge on any atom is -0.317 e. The van der Waals surface area contributed by atoms with Crippen molar-refractivity contribution < 1.29 is 0 Å². The van der Waals surface area contributed by atoms with Crippen LogP contribution in [0.1, 0.15) is 49.2 Å². The van der Waals surface area contributed by atoms with Gasteiger partial charge in [0.05, 0.1) is 10.7 Å². The molecule has 0 saturated carbocycles. The zero-order chi connectivity index (χ0) is 12.5. The van der Waals surface area contributed by atoms with E-state index >= 15 is 0 Å². The minimum atomic E-state index is 0.196. The maximum Gasteiger partial charge on any atom is 0.0984 e. The average Bonchev–Trinajstić information content (AvgIpc) is 2.62. The maximum atomic E-state index is 4.75. The minimum absolute atomic E-state index is 0.196. The molecule has 2 heterocycles. The predicted molar refractivity (Wildman–Crippen MR) is 74.8 cm³/mol. The van der Waals surface area contributed by atoms with Crippen LogP contribution in [0.25, 0.3) is 0 Å². The molecule has 2 rings (SSSR count). The second-order valence-corrected chi connectivity index (χ2v) is 7.26. The van der Waals surface area contributed by atoms with E-state index in [-0.39, 0.29) is 5.41 Å². The first kappa shape index (κ1) is 13.0. The average molecular weight is 252 g/mol. The molecule has 0 amide bonds. The van der Waals surface area contributed by atoms with E-state index in [0.717, 1.165) is 5.92 Å². The molecule has 3 heteroatoms. The normalized spacial score (nSPS) is 18.6. The van der Waals surface area contributed by atoms with Crippen LogP contribution in [-0.4, -0.2) is 18.1 Å². The molecule has 1 saturated heterocycles. The Morgan fingerprint density at radius 3 is 2.47 bits per heavy atom. The molecule has 0 bridgehead atoms. The van der Waals surface area contributed by atoms with Crippen LogP contribution in [0.4, 0.5) is 0 Å². The molecule has 1 N–H and O–H groups in total. The van der Waals surface area contributed by atoms with Gasteiger partial charge in [0.25, 0.3) is 0 Å². The van der Waals surface area contributed by atoms with Crippen molar-refractivity contribution in [1.82, 2.24) is 10.3 Å². The van der Waals surface area contributed by atoms with E-state index in [2.05, 4.69) is 33.0 Å². The Morgan fingerprint density at radius 1 is 1.29 bits per heavy atom. The maximum absolute atomic E-state index is 4.75. The van der Waals surface area contributed by atoms with Crippen molar-refractivity contribution in [3.63, 3.8) is 0 Å². The highest BCUT2D eigenvalue weighted by molar-refractivity contribution is 7.11. The Kier molecular flexibility index (Phi) is 3.88. The zero-order valence-corrected chi connectivity index (χ0v) is 12.3. The van der Waals surface area contributed by atoms with Gasteiger partial charge >= 0.3 is 0 Å². The number of hydrogen-bond donors (Lipinski definition) is 1. The summed E-state index contributed by atoms with van der Waals surface area (Å²) in [5.41, 5.74) is 1.46. The SMILES string of the molecule is Cc1nc(C(C)(C)C)sc1CC1CCNCC1. The second kappa shape index (κ2) is 5.07. The lowest BCUT2D eigenvalue weighted by Crippen LogP contribution is -2.28. The predicted octanol–water partition coefficient (Wildman–Crippen LogP) is 3.29. The molecule has 0 spiro atoms. The fourth-order valence-corrected chi connectivity index (χ4v) is 3.52. The van der Waals surface area contributed by atoms with Crippen molar-refractivity contribution in [1.29, 1.82) is 0 Å². The lowest BCUT2D eigenvalue weighted by Gasteiger charge is -2.22. The molecule has 0 radical (unpaired) electrons. The smallest absolute Gasteiger partial charge is 0.0984 e. The lowest BCUT2D eigenvalue weighted by atomic mass is 9.93. The molecule has 96 valence electrons. The summed E-state index contributed by atoms with van der Waals surface area (Å²) in [7, 11) is 0. The first-order valence-electron chi connectivity index (χ1n) is 6.64. The van der Waals surface area contributed by atoms with Crippen LogP contribution in [-0.2, 0) is 11.8 Å². The summed E-state index contributed by atoms with van der Waals surface area (Å²) in [6.07, 6.45) is 3.88. The quantitative estimate of drug-likeness (QED) is 0.873. The number of aryl methyl sites for hydroxylation is 1. The van der Waals surface area contributed by atoms with E-state index in [1.54, 1.807) is 0 Å². The number of nitrogens with zero attached hydrogens (tertiary/aromatic N) is 1. The molecule has 1 aromatic heterocycles. The summed E-state index contributed by atoms with van der Waals surface area (Å²) >= 11 is 1.93. The number of hydrogen-bond acceptors (Lipinski definition) is 3.